The fourth-order valence-electron chi connectivity index (χ4n) is 13.1. The third-order valence-corrected chi connectivity index (χ3v) is 17.9. The van der Waals surface area contributed by atoms with Crippen LogP contribution in [-0.2, 0) is 34.1 Å². The van der Waals surface area contributed by atoms with Gasteiger partial charge >= 0.3 is 0 Å². The quantitative estimate of drug-likeness (QED) is 0.183. The third kappa shape index (κ3) is 8.41. The fourth-order valence-corrected chi connectivity index (χ4v) is 13.1. The van der Waals surface area contributed by atoms with Gasteiger partial charge in [0.25, 0.3) is 0 Å². The fraction of sp³-hybridized carbons (Fsp3) is 0.600. The van der Waals surface area contributed by atoms with E-state index in [9.17, 15) is 19.2 Å². The first-order chi connectivity index (χ1) is 34.9. The summed E-state index contributed by atoms with van der Waals surface area (Å²) in [5.74, 6) is 1.22. The second-order valence-corrected chi connectivity index (χ2v) is 22.7. The molecule has 8 aliphatic rings. The molecule has 6 aliphatic heterocycles. The zero-order chi connectivity index (χ0) is 49.5. The number of hydrogen-bond donors (Lipinski definition) is 2. The standard InChI is InChI=1S/C55H69N11O6/c1-34(2)65-33-57-44-31-43(59-49(48(44)65)58-38-6-7-38)36-4-9-42-45(28-36)66(40-29-39(30-40)61-24-26-72-27-25-61)53(71)55(42)16-22-64(23-17-55)52(70)54(3)14-20-63(21-15-54)51(69)35-12-18-62(19-13-35)46-10-5-37(32-56-46)41-8-11-47(67)60-50(41)68/h4-5,9-10,28,31-35,38-41H,6-8,11-27,29-30H2,1-3H3,(H,58,59)(H,60,67,68)/t39?,40?,41-/m1/s1. The lowest BCUT2D eigenvalue weighted by Crippen LogP contribution is -2.59. The van der Waals surface area contributed by atoms with Crippen molar-refractivity contribution >= 4 is 57.9 Å². The number of imide groups is 1. The van der Waals surface area contributed by atoms with E-state index in [0.717, 1.165) is 116 Å². The van der Waals surface area contributed by atoms with Gasteiger partial charge in [-0.05, 0) is 114 Å². The molecule has 380 valence electrons. The molecule has 1 aromatic carbocycles. The van der Waals surface area contributed by atoms with Crippen molar-refractivity contribution in [3.63, 3.8) is 0 Å². The van der Waals surface area contributed by atoms with Gasteiger partial charge in [-0.15, -0.1) is 0 Å². The summed E-state index contributed by atoms with van der Waals surface area (Å²) in [6.07, 6.45) is 12.4. The van der Waals surface area contributed by atoms with Crippen molar-refractivity contribution < 1.29 is 28.7 Å². The minimum absolute atomic E-state index is 0.0775. The Kier molecular flexibility index (Phi) is 12.1. The molecule has 9 heterocycles. The van der Waals surface area contributed by atoms with Gasteiger partial charge in [0.1, 0.15) is 11.3 Å². The first kappa shape index (κ1) is 47.1. The third-order valence-electron chi connectivity index (χ3n) is 17.9. The minimum atomic E-state index is -0.706. The predicted octanol–water partition coefficient (Wildman–Crippen LogP) is 5.78. The molecule has 72 heavy (non-hydrogen) atoms. The van der Waals surface area contributed by atoms with Crippen LogP contribution in [0, 0.1) is 11.3 Å². The van der Waals surface area contributed by atoms with Gasteiger partial charge < -0.3 is 34.2 Å². The number of imidazole rings is 1. The Labute approximate surface area is 421 Å². The number of anilines is 3. The van der Waals surface area contributed by atoms with E-state index in [2.05, 4.69) is 79.9 Å². The Morgan fingerprint density at radius 3 is 2.24 bits per heavy atom. The molecule has 2 aliphatic carbocycles. The van der Waals surface area contributed by atoms with Crippen LogP contribution < -0.4 is 20.4 Å². The van der Waals surface area contributed by atoms with Crippen LogP contribution in [-0.4, -0.2) is 147 Å². The van der Waals surface area contributed by atoms with Gasteiger partial charge in [0, 0.05) is 112 Å². The van der Waals surface area contributed by atoms with Crippen LogP contribution in [0.3, 0.4) is 0 Å². The molecule has 17 nitrogen and oxygen atoms in total. The minimum Gasteiger partial charge on any atom is -0.379 e. The van der Waals surface area contributed by atoms with Gasteiger partial charge in [-0.2, -0.15) is 0 Å². The van der Waals surface area contributed by atoms with Crippen LogP contribution in [0.1, 0.15) is 121 Å². The molecule has 12 rings (SSSR count). The highest BCUT2D eigenvalue weighted by atomic mass is 16.5. The molecular weight excluding hydrogens is 911 g/mol. The Balaban J connectivity index is 0.705. The molecule has 0 unspecified atom stereocenters. The van der Waals surface area contributed by atoms with Crippen LogP contribution in [0.15, 0.2) is 48.9 Å². The summed E-state index contributed by atoms with van der Waals surface area (Å²) in [5, 5.41) is 6.12. The summed E-state index contributed by atoms with van der Waals surface area (Å²) in [5.41, 5.74) is 5.32. The molecule has 3 aromatic heterocycles. The number of benzene rings is 1. The van der Waals surface area contributed by atoms with Gasteiger partial charge in [0.2, 0.25) is 29.5 Å². The molecule has 17 heteroatoms. The number of ether oxygens (including phenoxy) is 1. The topological polar surface area (TPSA) is 178 Å². The van der Waals surface area contributed by atoms with Crippen molar-refractivity contribution in [1.82, 2.24) is 39.5 Å². The predicted molar refractivity (Wildman–Crippen MR) is 272 cm³/mol. The van der Waals surface area contributed by atoms with E-state index in [1.807, 2.05) is 28.3 Å². The average Bonchev–Trinajstić information content (AvgIpc) is 4.05. The summed E-state index contributed by atoms with van der Waals surface area (Å²) < 4.78 is 7.86. The van der Waals surface area contributed by atoms with E-state index in [1.54, 1.807) is 6.20 Å². The van der Waals surface area contributed by atoms with Crippen molar-refractivity contribution in [1.29, 1.82) is 0 Å². The summed E-state index contributed by atoms with van der Waals surface area (Å²) in [4.78, 5) is 93.4. The second-order valence-electron chi connectivity index (χ2n) is 22.7. The van der Waals surface area contributed by atoms with Gasteiger partial charge in [-0.3, -0.25) is 34.2 Å². The summed E-state index contributed by atoms with van der Waals surface area (Å²) in [6.45, 7) is 13.3. The lowest BCUT2D eigenvalue weighted by atomic mass is 9.72. The number of carbonyl (C=O) groups is 5. The molecule has 5 amide bonds. The molecule has 4 aromatic rings. The molecule has 7 fully saturated rings. The van der Waals surface area contributed by atoms with Crippen molar-refractivity contribution in [2.45, 2.75) is 133 Å². The van der Waals surface area contributed by atoms with E-state index < -0.39 is 10.8 Å². The lowest BCUT2D eigenvalue weighted by molar-refractivity contribution is -0.150. The number of rotatable bonds is 10. The molecule has 0 bridgehead atoms. The number of piperidine rings is 4. The van der Waals surface area contributed by atoms with Crippen LogP contribution >= 0.6 is 0 Å². The number of carbonyl (C=O) groups excluding carboxylic acids is 5. The van der Waals surface area contributed by atoms with E-state index in [0.29, 0.717) is 89.9 Å². The van der Waals surface area contributed by atoms with Crippen molar-refractivity contribution in [2.75, 3.05) is 80.7 Å². The summed E-state index contributed by atoms with van der Waals surface area (Å²) in [7, 11) is 0. The highest BCUT2D eigenvalue weighted by Crippen LogP contribution is 2.53. The average molecular weight is 980 g/mol. The molecule has 2 N–H and O–H groups in total. The van der Waals surface area contributed by atoms with E-state index >= 15 is 4.79 Å². The van der Waals surface area contributed by atoms with Crippen LogP contribution in [0.5, 0.6) is 0 Å². The van der Waals surface area contributed by atoms with Crippen molar-refractivity contribution in [2.24, 2.45) is 11.3 Å². The second kappa shape index (κ2) is 18.5. The largest absolute Gasteiger partial charge is 0.379 e. The van der Waals surface area contributed by atoms with Crippen molar-refractivity contribution in [3.05, 3.63) is 60.0 Å². The van der Waals surface area contributed by atoms with Gasteiger partial charge in [-0.25, -0.2) is 15.0 Å². The number of pyridine rings is 2. The van der Waals surface area contributed by atoms with Crippen LogP contribution in [0.4, 0.5) is 17.3 Å². The number of likely N-dealkylation sites (tertiary alicyclic amines) is 2. The van der Waals surface area contributed by atoms with E-state index in [-0.39, 0.29) is 53.5 Å². The maximum Gasteiger partial charge on any atom is 0.238 e. The molecule has 0 radical (unpaired) electrons. The Bertz CT molecular complexity index is 2770. The van der Waals surface area contributed by atoms with Gasteiger partial charge in [-0.1, -0.05) is 25.1 Å². The maximum atomic E-state index is 15.3. The first-order valence-electron chi connectivity index (χ1n) is 26.9. The zero-order valence-electron chi connectivity index (χ0n) is 42.1. The number of fused-ring (bicyclic) bond motifs is 3. The SMILES string of the molecule is CC(C)n1cnc2cc(-c3ccc4c(c3)N(C3CC(N5CCOCC5)C3)C(=O)C43CCN(C(=O)C4(C)CCN(C(=O)C5CCN(c6ccc([C@H]7CCC(=O)NC7=O)cn6)CC5)CC4)CC3)nc(NC3CC3)c21. The molecule has 2 saturated carbocycles. The van der Waals surface area contributed by atoms with Gasteiger partial charge in [0.05, 0.1) is 42.1 Å². The molecule has 1 spiro atoms. The van der Waals surface area contributed by atoms with Crippen molar-refractivity contribution in [3.8, 4) is 11.3 Å². The highest BCUT2D eigenvalue weighted by Gasteiger charge is 2.57. The first-order valence-corrected chi connectivity index (χ1v) is 26.9. The summed E-state index contributed by atoms with van der Waals surface area (Å²) in [6, 6.07) is 13.7. The molecule has 1 atom stereocenters. The Morgan fingerprint density at radius 2 is 1.56 bits per heavy atom. The summed E-state index contributed by atoms with van der Waals surface area (Å²) >= 11 is 0. The Hall–Kier alpha value is -5.94. The number of amides is 5. The number of hydrogen-bond acceptors (Lipinski definition) is 12. The number of nitrogens with zero attached hydrogens (tertiary/aromatic N) is 9. The van der Waals surface area contributed by atoms with Crippen LogP contribution in [0.25, 0.3) is 22.3 Å². The molecular formula is C55H69N11O6. The maximum absolute atomic E-state index is 15.3. The number of morpholine rings is 1. The van der Waals surface area contributed by atoms with Crippen LogP contribution in [0.2, 0.25) is 0 Å². The molecule has 5 saturated heterocycles. The number of aromatic nitrogens is 4. The van der Waals surface area contributed by atoms with E-state index in [1.165, 1.54) is 0 Å². The monoisotopic (exact) mass is 980 g/mol. The smallest absolute Gasteiger partial charge is 0.238 e. The normalized spacial score (nSPS) is 25.8. The highest BCUT2D eigenvalue weighted by molar-refractivity contribution is 6.09. The lowest BCUT2D eigenvalue weighted by Gasteiger charge is -2.48. The number of nitrogens with one attached hydrogen (secondary N) is 2. The van der Waals surface area contributed by atoms with E-state index in [4.69, 9.17) is 14.7 Å². The Morgan fingerprint density at radius 1 is 0.819 bits per heavy atom. The van der Waals surface area contributed by atoms with Gasteiger partial charge in [0.15, 0.2) is 5.82 Å². The zero-order valence-corrected chi connectivity index (χ0v) is 42.1.